The lowest BCUT2D eigenvalue weighted by Gasteiger charge is -2.35. The summed E-state index contributed by atoms with van der Waals surface area (Å²) >= 11 is 5.40. The Balaban J connectivity index is 2.28. The van der Waals surface area contributed by atoms with Crippen LogP contribution in [-0.4, -0.2) is 42.2 Å². The SMILES string of the molecule is CCCCNC(=O)Nc1cccc([C@@H]2NC(=S)N(C)C(C)=C2C(=O)OCC)c1. The van der Waals surface area contributed by atoms with Gasteiger partial charge in [-0.25, -0.2) is 9.59 Å². The number of hydrogen-bond donors (Lipinski definition) is 3. The molecule has 0 saturated carbocycles. The minimum absolute atomic E-state index is 0.255. The van der Waals surface area contributed by atoms with Gasteiger partial charge in [-0.2, -0.15) is 0 Å². The number of benzene rings is 1. The first-order chi connectivity index (χ1) is 13.4. The second kappa shape index (κ2) is 10.1. The second-order valence-corrected chi connectivity index (χ2v) is 6.91. The first-order valence-electron chi connectivity index (χ1n) is 9.45. The third-order valence-electron chi connectivity index (χ3n) is 4.54. The van der Waals surface area contributed by atoms with Crippen LogP contribution >= 0.6 is 12.2 Å². The van der Waals surface area contributed by atoms with Gasteiger partial charge in [0.1, 0.15) is 0 Å². The Kier molecular flexibility index (Phi) is 7.80. The third-order valence-corrected chi connectivity index (χ3v) is 4.93. The van der Waals surface area contributed by atoms with E-state index in [1.54, 1.807) is 24.9 Å². The number of urea groups is 1. The van der Waals surface area contributed by atoms with Gasteiger partial charge in [0.25, 0.3) is 0 Å². The summed E-state index contributed by atoms with van der Waals surface area (Å²) in [5, 5.41) is 9.36. The molecule has 1 aliphatic rings. The molecule has 0 radical (unpaired) electrons. The van der Waals surface area contributed by atoms with Crippen molar-refractivity contribution in [2.75, 3.05) is 25.5 Å². The summed E-state index contributed by atoms with van der Waals surface area (Å²) < 4.78 is 5.25. The number of carbonyl (C=O) groups excluding carboxylic acids is 2. The van der Waals surface area contributed by atoms with Crippen molar-refractivity contribution >= 4 is 35.0 Å². The smallest absolute Gasteiger partial charge is 0.338 e. The lowest BCUT2D eigenvalue weighted by Crippen LogP contribution is -2.46. The van der Waals surface area contributed by atoms with Gasteiger partial charge in [0.15, 0.2) is 5.11 Å². The van der Waals surface area contributed by atoms with Crippen molar-refractivity contribution in [1.82, 2.24) is 15.5 Å². The number of amides is 2. The van der Waals surface area contributed by atoms with Gasteiger partial charge in [0.05, 0.1) is 18.2 Å². The van der Waals surface area contributed by atoms with Crippen LogP contribution in [0.2, 0.25) is 0 Å². The number of allylic oxidation sites excluding steroid dienone is 1. The molecule has 2 amide bonds. The Labute approximate surface area is 171 Å². The summed E-state index contributed by atoms with van der Waals surface area (Å²) in [5.74, 6) is -0.387. The number of anilines is 1. The first-order valence-corrected chi connectivity index (χ1v) is 9.86. The second-order valence-electron chi connectivity index (χ2n) is 6.52. The summed E-state index contributed by atoms with van der Waals surface area (Å²) in [6.45, 7) is 6.60. The van der Waals surface area contributed by atoms with E-state index in [1.807, 2.05) is 25.1 Å². The van der Waals surface area contributed by atoms with E-state index in [-0.39, 0.29) is 18.6 Å². The number of hydrogen-bond acceptors (Lipinski definition) is 4. The topological polar surface area (TPSA) is 82.7 Å². The predicted octanol–water partition coefficient (Wildman–Crippen LogP) is 3.31. The fourth-order valence-corrected chi connectivity index (χ4v) is 3.16. The van der Waals surface area contributed by atoms with E-state index in [0.717, 1.165) is 24.1 Å². The van der Waals surface area contributed by atoms with Crippen LogP contribution in [0.25, 0.3) is 0 Å². The number of nitrogens with zero attached hydrogens (tertiary/aromatic N) is 1. The molecule has 0 aromatic heterocycles. The summed E-state index contributed by atoms with van der Waals surface area (Å²) in [6.07, 6.45) is 1.94. The van der Waals surface area contributed by atoms with E-state index in [2.05, 4.69) is 22.9 Å². The molecule has 1 atom stereocenters. The fraction of sp³-hybridized carbons (Fsp3) is 0.450. The molecule has 0 bridgehead atoms. The molecule has 1 heterocycles. The van der Waals surface area contributed by atoms with Gasteiger partial charge < -0.3 is 25.6 Å². The highest BCUT2D eigenvalue weighted by molar-refractivity contribution is 7.80. The molecule has 1 aromatic rings. The van der Waals surface area contributed by atoms with Gasteiger partial charge in [0, 0.05) is 25.0 Å². The summed E-state index contributed by atoms with van der Waals surface area (Å²) in [5.41, 5.74) is 2.69. The zero-order chi connectivity index (χ0) is 20.7. The summed E-state index contributed by atoms with van der Waals surface area (Å²) in [7, 11) is 1.80. The minimum Gasteiger partial charge on any atom is -0.463 e. The van der Waals surface area contributed by atoms with Crippen LogP contribution in [0.5, 0.6) is 0 Å². The first kappa shape index (κ1) is 21.7. The minimum atomic E-state index is -0.451. The molecule has 1 aromatic carbocycles. The number of thiocarbonyl (C=S) groups is 1. The van der Waals surface area contributed by atoms with Crippen LogP contribution < -0.4 is 16.0 Å². The van der Waals surface area contributed by atoms with Crippen molar-refractivity contribution < 1.29 is 14.3 Å². The molecular weight excluding hydrogens is 376 g/mol. The van der Waals surface area contributed by atoms with E-state index in [4.69, 9.17) is 17.0 Å². The van der Waals surface area contributed by atoms with Gasteiger partial charge in [-0.15, -0.1) is 0 Å². The molecule has 8 heteroatoms. The monoisotopic (exact) mass is 404 g/mol. The maximum absolute atomic E-state index is 12.6. The number of nitrogens with one attached hydrogen (secondary N) is 3. The number of esters is 1. The standard InChI is InChI=1S/C20H28N4O3S/c1-5-7-11-21-19(26)22-15-10-8-9-14(12-15)17-16(18(25)27-6-2)13(3)24(4)20(28)23-17/h8-10,12,17H,5-7,11H2,1-4H3,(H,23,28)(H2,21,22,26)/t17-/m0/s1. The summed E-state index contributed by atoms with van der Waals surface area (Å²) in [4.78, 5) is 26.4. The normalized spacial score (nSPS) is 16.5. The van der Waals surface area contributed by atoms with Crippen LogP contribution in [0.4, 0.5) is 10.5 Å². The van der Waals surface area contributed by atoms with Crippen molar-refractivity contribution in [3.8, 4) is 0 Å². The van der Waals surface area contributed by atoms with Crippen LogP contribution in [0.1, 0.15) is 45.2 Å². The van der Waals surface area contributed by atoms with Gasteiger partial charge in [-0.1, -0.05) is 25.5 Å². The maximum atomic E-state index is 12.6. The number of unbranched alkanes of at least 4 members (excludes halogenated alkanes) is 1. The van der Waals surface area contributed by atoms with E-state index in [0.29, 0.717) is 22.9 Å². The van der Waals surface area contributed by atoms with Gasteiger partial charge in [-0.05, 0) is 50.2 Å². The lowest BCUT2D eigenvalue weighted by molar-refractivity contribution is -0.139. The Morgan fingerprint density at radius 2 is 2.07 bits per heavy atom. The van der Waals surface area contributed by atoms with Gasteiger partial charge >= 0.3 is 12.0 Å². The van der Waals surface area contributed by atoms with Crippen molar-refractivity contribution in [3.63, 3.8) is 0 Å². The molecule has 2 rings (SSSR count). The molecular formula is C20H28N4O3S. The van der Waals surface area contributed by atoms with E-state index in [9.17, 15) is 9.59 Å². The Bertz CT molecular complexity index is 778. The van der Waals surface area contributed by atoms with E-state index in [1.165, 1.54) is 0 Å². The lowest BCUT2D eigenvalue weighted by atomic mass is 9.95. The largest absolute Gasteiger partial charge is 0.463 e. The molecule has 28 heavy (non-hydrogen) atoms. The van der Waals surface area contributed by atoms with E-state index < -0.39 is 6.04 Å². The quantitative estimate of drug-likeness (QED) is 0.367. The Morgan fingerprint density at radius 1 is 1.32 bits per heavy atom. The average Bonchev–Trinajstić information content (AvgIpc) is 2.66. The maximum Gasteiger partial charge on any atom is 0.338 e. The zero-order valence-electron chi connectivity index (χ0n) is 16.8. The van der Waals surface area contributed by atoms with Crippen molar-refractivity contribution in [2.45, 2.75) is 39.7 Å². The molecule has 0 unspecified atom stereocenters. The predicted molar refractivity (Wildman–Crippen MR) is 114 cm³/mol. The molecule has 0 aliphatic carbocycles. The highest BCUT2D eigenvalue weighted by atomic mass is 32.1. The average molecular weight is 405 g/mol. The van der Waals surface area contributed by atoms with Crippen LogP contribution in [0.3, 0.4) is 0 Å². The van der Waals surface area contributed by atoms with Crippen LogP contribution in [0.15, 0.2) is 35.5 Å². The molecule has 1 aliphatic heterocycles. The fourth-order valence-electron chi connectivity index (χ4n) is 2.91. The highest BCUT2D eigenvalue weighted by Gasteiger charge is 2.33. The molecule has 0 saturated heterocycles. The summed E-state index contributed by atoms with van der Waals surface area (Å²) in [6, 6.07) is 6.65. The molecule has 3 N–H and O–H groups in total. The number of ether oxygens (including phenoxy) is 1. The zero-order valence-corrected chi connectivity index (χ0v) is 17.6. The van der Waals surface area contributed by atoms with Crippen molar-refractivity contribution in [1.29, 1.82) is 0 Å². The number of rotatable bonds is 7. The third kappa shape index (κ3) is 5.22. The van der Waals surface area contributed by atoms with Crippen LogP contribution in [-0.2, 0) is 9.53 Å². The van der Waals surface area contributed by atoms with Crippen LogP contribution in [0, 0.1) is 0 Å². The van der Waals surface area contributed by atoms with Gasteiger partial charge in [0.2, 0.25) is 0 Å². The van der Waals surface area contributed by atoms with Gasteiger partial charge in [-0.3, -0.25) is 0 Å². The number of carbonyl (C=O) groups is 2. The Hall–Kier alpha value is -2.61. The van der Waals surface area contributed by atoms with E-state index >= 15 is 0 Å². The molecule has 0 fully saturated rings. The molecule has 0 spiro atoms. The Morgan fingerprint density at radius 3 is 2.75 bits per heavy atom. The van der Waals surface area contributed by atoms with Crippen molar-refractivity contribution in [2.24, 2.45) is 0 Å². The highest BCUT2D eigenvalue weighted by Crippen LogP contribution is 2.31. The molecule has 152 valence electrons. The van der Waals surface area contributed by atoms with Crippen molar-refractivity contribution in [3.05, 3.63) is 41.1 Å². The molecule has 7 nitrogen and oxygen atoms in total.